The Morgan fingerprint density at radius 2 is 1.91 bits per heavy atom. The Kier molecular flexibility index (Phi) is 5.99. The molecule has 1 aliphatic rings. The van der Waals surface area contributed by atoms with E-state index in [2.05, 4.69) is 0 Å². The van der Waals surface area contributed by atoms with E-state index in [1.165, 1.54) is 44.8 Å². The first-order valence-corrected chi connectivity index (χ1v) is 8.02. The summed E-state index contributed by atoms with van der Waals surface area (Å²) in [6.45, 7) is 2.10. The topological polar surface area (TPSA) is 52.6 Å². The SMILES string of the molecule is CCOC(=O)c1cc(C2CCCCC2)ccc1CC(=O)OC. The fourth-order valence-electron chi connectivity index (χ4n) is 3.06. The molecule has 0 bridgehead atoms. The van der Waals surface area contributed by atoms with E-state index < -0.39 is 0 Å². The van der Waals surface area contributed by atoms with Gasteiger partial charge in [-0.1, -0.05) is 31.4 Å². The van der Waals surface area contributed by atoms with Crippen LogP contribution in [-0.4, -0.2) is 25.7 Å². The Labute approximate surface area is 131 Å². The normalized spacial score (nSPS) is 15.4. The molecule has 0 N–H and O–H groups in total. The quantitative estimate of drug-likeness (QED) is 0.780. The lowest BCUT2D eigenvalue weighted by atomic mass is 9.83. The Morgan fingerprint density at radius 3 is 2.55 bits per heavy atom. The first-order chi connectivity index (χ1) is 10.7. The zero-order valence-corrected chi connectivity index (χ0v) is 13.4. The van der Waals surface area contributed by atoms with E-state index in [1.54, 1.807) is 6.92 Å². The van der Waals surface area contributed by atoms with Gasteiger partial charge < -0.3 is 9.47 Å². The second-order valence-corrected chi connectivity index (χ2v) is 5.72. The van der Waals surface area contributed by atoms with Crippen molar-refractivity contribution in [3.8, 4) is 0 Å². The number of esters is 2. The second kappa shape index (κ2) is 7.97. The lowest BCUT2D eigenvalue weighted by molar-refractivity contribution is -0.139. The standard InChI is InChI=1S/C18H24O4/c1-3-22-18(20)16-11-14(13-7-5-4-6-8-13)9-10-15(16)12-17(19)21-2/h9-11,13H,3-8,12H2,1-2H3. The van der Waals surface area contributed by atoms with Crippen LogP contribution in [0.4, 0.5) is 0 Å². The average molecular weight is 304 g/mol. The summed E-state index contributed by atoms with van der Waals surface area (Å²) < 4.78 is 9.84. The van der Waals surface area contributed by atoms with Gasteiger partial charge >= 0.3 is 11.9 Å². The third-order valence-electron chi connectivity index (χ3n) is 4.27. The molecular formula is C18H24O4. The number of hydrogen-bond acceptors (Lipinski definition) is 4. The number of carbonyl (C=O) groups excluding carboxylic acids is 2. The molecule has 0 amide bonds. The monoisotopic (exact) mass is 304 g/mol. The molecule has 4 nitrogen and oxygen atoms in total. The zero-order chi connectivity index (χ0) is 15.9. The first-order valence-electron chi connectivity index (χ1n) is 8.02. The molecule has 4 heteroatoms. The van der Waals surface area contributed by atoms with E-state index in [0.717, 1.165) is 0 Å². The minimum absolute atomic E-state index is 0.0929. The molecule has 1 aliphatic carbocycles. The molecule has 2 rings (SSSR count). The van der Waals surface area contributed by atoms with Crippen LogP contribution in [0.1, 0.15) is 66.4 Å². The van der Waals surface area contributed by atoms with Gasteiger partial charge in [0.05, 0.1) is 25.7 Å². The Hall–Kier alpha value is -1.84. The zero-order valence-electron chi connectivity index (χ0n) is 13.4. The predicted molar refractivity (Wildman–Crippen MR) is 83.9 cm³/mol. The maximum absolute atomic E-state index is 12.2. The van der Waals surface area contributed by atoms with Crippen molar-refractivity contribution in [3.63, 3.8) is 0 Å². The number of methoxy groups -OCH3 is 1. The summed E-state index contributed by atoms with van der Waals surface area (Å²) in [7, 11) is 1.35. The summed E-state index contributed by atoms with van der Waals surface area (Å²) in [6.07, 6.45) is 6.20. The van der Waals surface area contributed by atoms with Crippen LogP contribution < -0.4 is 0 Å². The maximum Gasteiger partial charge on any atom is 0.338 e. The van der Waals surface area contributed by atoms with E-state index in [0.29, 0.717) is 23.7 Å². The highest BCUT2D eigenvalue weighted by atomic mass is 16.5. The minimum Gasteiger partial charge on any atom is -0.469 e. The van der Waals surface area contributed by atoms with Crippen LogP contribution in [0.2, 0.25) is 0 Å². The number of rotatable bonds is 5. The maximum atomic E-state index is 12.2. The molecule has 0 spiro atoms. The molecule has 0 aliphatic heterocycles. The predicted octanol–water partition coefficient (Wildman–Crippen LogP) is 3.63. The van der Waals surface area contributed by atoms with Crippen molar-refractivity contribution < 1.29 is 19.1 Å². The van der Waals surface area contributed by atoms with Crippen molar-refractivity contribution in [3.05, 3.63) is 34.9 Å². The number of hydrogen-bond donors (Lipinski definition) is 0. The third kappa shape index (κ3) is 4.09. The molecule has 120 valence electrons. The van der Waals surface area contributed by atoms with Crippen molar-refractivity contribution >= 4 is 11.9 Å². The van der Waals surface area contributed by atoms with Gasteiger partial charge in [-0.05, 0) is 42.9 Å². The van der Waals surface area contributed by atoms with Crippen molar-refractivity contribution in [1.82, 2.24) is 0 Å². The third-order valence-corrected chi connectivity index (χ3v) is 4.27. The van der Waals surface area contributed by atoms with Gasteiger partial charge in [0, 0.05) is 0 Å². The minimum atomic E-state index is -0.362. The molecule has 0 unspecified atom stereocenters. The van der Waals surface area contributed by atoms with Crippen molar-refractivity contribution in [2.45, 2.75) is 51.4 Å². The van der Waals surface area contributed by atoms with Crippen LogP contribution in [0.15, 0.2) is 18.2 Å². The molecule has 1 fully saturated rings. The highest BCUT2D eigenvalue weighted by molar-refractivity contribution is 5.92. The van der Waals surface area contributed by atoms with Crippen LogP contribution in [-0.2, 0) is 20.7 Å². The molecular weight excluding hydrogens is 280 g/mol. The summed E-state index contributed by atoms with van der Waals surface area (Å²) in [4.78, 5) is 23.7. The Balaban J connectivity index is 2.29. The molecule has 1 aromatic rings. The van der Waals surface area contributed by atoms with Crippen LogP contribution in [0, 0.1) is 0 Å². The molecule has 0 saturated heterocycles. The fourth-order valence-corrected chi connectivity index (χ4v) is 3.06. The Morgan fingerprint density at radius 1 is 1.18 bits per heavy atom. The number of carbonyl (C=O) groups is 2. The molecule has 0 atom stereocenters. The first kappa shape index (κ1) is 16.5. The van der Waals surface area contributed by atoms with E-state index in [9.17, 15) is 9.59 Å². The summed E-state index contributed by atoms with van der Waals surface area (Å²) in [5.41, 5.74) is 2.34. The van der Waals surface area contributed by atoms with Gasteiger partial charge in [-0.25, -0.2) is 4.79 Å². The average Bonchev–Trinajstić information content (AvgIpc) is 2.56. The molecule has 0 heterocycles. The van der Waals surface area contributed by atoms with E-state index in [1.807, 2.05) is 18.2 Å². The lowest BCUT2D eigenvalue weighted by Gasteiger charge is -2.23. The van der Waals surface area contributed by atoms with Gasteiger partial charge in [0.15, 0.2) is 0 Å². The molecule has 1 aromatic carbocycles. The van der Waals surface area contributed by atoms with Crippen molar-refractivity contribution in [2.24, 2.45) is 0 Å². The molecule has 0 aromatic heterocycles. The van der Waals surface area contributed by atoms with Gasteiger partial charge in [0.25, 0.3) is 0 Å². The van der Waals surface area contributed by atoms with Gasteiger partial charge in [0.2, 0.25) is 0 Å². The summed E-state index contributed by atoms with van der Waals surface area (Å²) >= 11 is 0. The molecule has 0 radical (unpaired) electrons. The number of benzene rings is 1. The highest BCUT2D eigenvalue weighted by Gasteiger charge is 2.20. The summed E-state index contributed by atoms with van der Waals surface area (Å²) in [5.74, 6) is -0.205. The summed E-state index contributed by atoms with van der Waals surface area (Å²) in [5, 5.41) is 0. The van der Waals surface area contributed by atoms with Crippen LogP contribution >= 0.6 is 0 Å². The second-order valence-electron chi connectivity index (χ2n) is 5.72. The van der Waals surface area contributed by atoms with Crippen LogP contribution in [0.5, 0.6) is 0 Å². The summed E-state index contributed by atoms with van der Waals surface area (Å²) in [6, 6.07) is 5.82. The highest BCUT2D eigenvalue weighted by Crippen LogP contribution is 2.33. The van der Waals surface area contributed by atoms with E-state index >= 15 is 0 Å². The lowest BCUT2D eigenvalue weighted by Crippen LogP contribution is -2.14. The van der Waals surface area contributed by atoms with Crippen molar-refractivity contribution in [2.75, 3.05) is 13.7 Å². The molecule has 1 saturated carbocycles. The Bertz CT molecular complexity index is 530. The van der Waals surface area contributed by atoms with Crippen LogP contribution in [0.25, 0.3) is 0 Å². The largest absolute Gasteiger partial charge is 0.469 e. The number of ether oxygens (including phenoxy) is 2. The van der Waals surface area contributed by atoms with Crippen molar-refractivity contribution in [1.29, 1.82) is 0 Å². The van der Waals surface area contributed by atoms with E-state index in [-0.39, 0.29) is 18.4 Å². The van der Waals surface area contributed by atoms with Gasteiger partial charge in [-0.15, -0.1) is 0 Å². The van der Waals surface area contributed by atoms with E-state index in [4.69, 9.17) is 9.47 Å². The van der Waals surface area contributed by atoms with Gasteiger partial charge in [0.1, 0.15) is 0 Å². The van der Waals surface area contributed by atoms with Gasteiger partial charge in [-0.2, -0.15) is 0 Å². The fraction of sp³-hybridized carbons (Fsp3) is 0.556. The molecule has 22 heavy (non-hydrogen) atoms. The van der Waals surface area contributed by atoms with Crippen LogP contribution in [0.3, 0.4) is 0 Å². The smallest absolute Gasteiger partial charge is 0.338 e. The van der Waals surface area contributed by atoms with Gasteiger partial charge in [-0.3, -0.25) is 4.79 Å².